The van der Waals surface area contributed by atoms with Crippen LogP contribution in [0.2, 0.25) is 0 Å². The highest BCUT2D eigenvalue weighted by Gasteiger charge is 2.26. The van der Waals surface area contributed by atoms with Crippen LogP contribution >= 0.6 is 0 Å². The van der Waals surface area contributed by atoms with Crippen LogP contribution in [0, 0.1) is 6.92 Å². The van der Waals surface area contributed by atoms with Crippen LogP contribution in [0.4, 0.5) is 5.69 Å². The van der Waals surface area contributed by atoms with Gasteiger partial charge >= 0.3 is 0 Å². The first-order valence-electron chi connectivity index (χ1n) is 7.59. The molecule has 0 radical (unpaired) electrons. The molecule has 1 amide bonds. The summed E-state index contributed by atoms with van der Waals surface area (Å²) in [6.07, 6.45) is 7.00. The van der Waals surface area contributed by atoms with Crippen LogP contribution in [0.15, 0.2) is 24.4 Å². The van der Waals surface area contributed by atoms with E-state index in [-0.39, 0.29) is 5.91 Å². The van der Waals surface area contributed by atoms with Crippen molar-refractivity contribution in [3.63, 3.8) is 0 Å². The number of aryl methyl sites for hydroxylation is 1. The lowest BCUT2D eigenvalue weighted by atomic mass is 9.99. The SMILES string of the molecule is CCC1CCCCN1/C=C1/C(=O)Nc2cc(C)ccc21. The Kier molecular flexibility index (Phi) is 3.51. The molecular formula is C17H22N2O. The third-order valence-corrected chi connectivity index (χ3v) is 4.40. The van der Waals surface area contributed by atoms with E-state index in [1.165, 1.54) is 24.8 Å². The zero-order valence-corrected chi connectivity index (χ0v) is 12.3. The molecule has 20 heavy (non-hydrogen) atoms. The average molecular weight is 270 g/mol. The number of hydrogen-bond acceptors (Lipinski definition) is 2. The third-order valence-electron chi connectivity index (χ3n) is 4.40. The molecule has 3 rings (SSSR count). The Balaban J connectivity index is 1.93. The highest BCUT2D eigenvalue weighted by molar-refractivity contribution is 6.31. The van der Waals surface area contributed by atoms with Gasteiger partial charge in [0.25, 0.3) is 5.91 Å². The number of carbonyl (C=O) groups excluding carboxylic acids is 1. The van der Waals surface area contributed by atoms with Crippen LogP contribution in [0.5, 0.6) is 0 Å². The zero-order valence-electron chi connectivity index (χ0n) is 12.3. The molecule has 1 atom stereocenters. The van der Waals surface area contributed by atoms with E-state index >= 15 is 0 Å². The number of hydrogen-bond donors (Lipinski definition) is 1. The third kappa shape index (κ3) is 2.33. The number of piperidine rings is 1. The van der Waals surface area contributed by atoms with Gasteiger partial charge in [0, 0.05) is 30.0 Å². The number of anilines is 1. The van der Waals surface area contributed by atoms with Crippen LogP contribution in [-0.2, 0) is 4.79 Å². The lowest BCUT2D eigenvalue weighted by Crippen LogP contribution is -2.35. The second-order valence-corrected chi connectivity index (χ2v) is 5.84. The first kappa shape index (κ1) is 13.2. The Labute approximate surface area is 120 Å². The molecule has 3 heteroatoms. The van der Waals surface area contributed by atoms with Gasteiger partial charge in [-0.05, 0) is 44.2 Å². The van der Waals surface area contributed by atoms with Crippen molar-refractivity contribution in [3.8, 4) is 0 Å². The summed E-state index contributed by atoms with van der Waals surface area (Å²) in [6.45, 7) is 5.34. The first-order chi connectivity index (χ1) is 9.69. The van der Waals surface area contributed by atoms with Gasteiger partial charge in [0.1, 0.15) is 0 Å². The molecule has 1 unspecified atom stereocenters. The van der Waals surface area contributed by atoms with Gasteiger partial charge in [0.2, 0.25) is 0 Å². The van der Waals surface area contributed by atoms with Crippen molar-refractivity contribution in [2.75, 3.05) is 11.9 Å². The number of nitrogens with one attached hydrogen (secondary N) is 1. The molecule has 0 aliphatic carbocycles. The molecule has 1 aromatic rings. The van der Waals surface area contributed by atoms with E-state index in [4.69, 9.17) is 0 Å². The molecule has 1 fully saturated rings. The summed E-state index contributed by atoms with van der Waals surface area (Å²) in [5.41, 5.74) is 3.99. The number of likely N-dealkylation sites (tertiary alicyclic amines) is 1. The van der Waals surface area contributed by atoms with Gasteiger partial charge < -0.3 is 10.2 Å². The van der Waals surface area contributed by atoms with Crippen molar-refractivity contribution in [3.05, 3.63) is 35.5 Å². The maximum atomic E-state index is 12.2. The van der Waals surface area contributed by atoms with Crippen LogP contribution < -0.4 is 5.32 Å². The molecule has 3 nitrogen and oxygen atoms in total. The zero-order chi connectivity index (χ0) is 14.1. The maximum absolute atomic E-state index is 12.2. The van der Waals surface area contributed by atoms with Crippen molar-refractivity contribution in [2.24, 2.45) is 0 Å². The standard InChI is InChI=1S/C17H22N2O/c1-3-13-6-4-5-9-19(13)11-15-14-8-7-12(2)10-16(14)18-17(15)20/h7-8,10-11,13H,3-6,9H2,1-2H3,(H,18,20)/b15-11+. The molecule has 1 aromatic carbocycles. The minimum atomic E-state index is 0.0334. The molecule has 0 spiro atoms. The maximum Gasteiger partial charge on any atom is 0.257 e. The fraction of sp³-hybridized carbons (Fsp3) is 0.471. The molecule has 1 saturated heterocycles. The van der Waals surface area contributed by atoms with Gasteiger partial charge in [-0.3, -0.25) is 4.79 Å². The minimum absolute atomic E-state index is 0.0334. The van der Waals surface area contributed by atoms with Crippen molar-refractivity contribution >= 4 is 17.2 Å². The molecule has 0 bridgehead atoms. The number of carbonyl (C=O) groups is 1. The van der Waals surface area contributed by atoms with Crippen molar-refractivity contribution in [1.82, 2.24) is 4.90 Å². The summed E-state index contributed by atoms with van der Waals surface area (Å²) in [5.74, 6) is 0.0334. The van der Waals surface area contributed by atoms with Gasteiger partial charge in [-0.15, -0.1) is 0 Å². The van der Waals surface area contributed by atoms with E-state index in [0.717, 1.165) is 29.8 Å². The fourth-order valence-corrected chi connectivity index (χ4v) is 3.23. The predicted octanol–water partition coefficient (Wildman–Crippen LogP) is 3.55. The van der Waals surface area contributed by atoms with E-state index in [0.29, 0.717) is 6.04 Å². The van der Waals surface area contributed by atoms with Gasteiger partial charge in [-0.1, -0.05) is 19.1 Å². The molecular weight excluding hydrogens is 248 g/mol. The van der Waals surface area contributed by atoms with Gasteiger partial charge in [0.15, 0.2) is 0 Å². The number of benzene rings is 1. The van der Waals surface area contributed by atoms with E-state index < -0.39 is 0 Å². The first-order valence-corrected chi connectivity index (χ1v) is 7.59. The lowest BCUT2D eigenvalue weighted by Gasteiger charge is -2.34. The smallest absolute Gasteiger partial charge is 0.257 e. The topological polar surface area (TPSA) is 32.3 Å². The van der Waals surface area contributed by atoms with Crippen LogP contribution in [0.3, 0.4) is 0 Å². The summed E-state index contributed by atoms with van der Waals surface area (Å²) in [7, 11) is 0. The van der Waals surface area contributed by atoms with Crippen molar-refractivity contribution in [1.29, 1.82) is 0 Å². The molecule has 2 heterocycles. The van der Waals surface area contributed by atoms with Crippen molar-refractivity contribution < 1.29 is 4.79 Å². The van der Waals surface area contributed by atoms with Gasteiger partial charge in [0.05, 0.1) is 5.57 Å². The summed E-state index contributed by atoms with van der Waals surface area (Å²) in [6, 6.07) is 6.75. The van der Waals surface area contributed by atoms with E-state index in [1.807, 2.05) is 13.0 Å². The second kappa shape index (κ2) is 5.31. The Morgan fingerprint density at radius 2 is 2.25 bits per heavy atom. The number of fused-ring (bicyclic) bond motifs is 1. The van der Waals surface area contributed by atoms with E-state index in [2.05, 4.69) is 35.5 Å². The average Bonchev–Trinajstić information content (AvgIpc) is 2.75. The Bertz CT molecular complexity index is 562. The van der Waals surface area contributed by atoms with Gasteiger partial charge in [-0.25, -0.2) is 0 Å². The van der Waals surface area contributed by atoms with Crippen LogP contribution in [-0.4, -0.2) is 23.4 Å². The largest absolute Gasteiger partial charge is 0.374 e. The monoisotopic (exact) mass is 270 g/mol. The predicted molar refractivity (Wildman–Crippen MR) is 82.4 cm³/mol. The van der Waals surface area contributed by atoms with Crippen LogP contribution in [0.1, 0.15) is 43.7 Å². The normalized spacial score (nSPS) is 23.9. The van der Waals surface area contributed by atoms with E-state index in [9.17, 15) is 4.79 Å². The number of rotatable bonds is 2. The molecule has 2 aliphatic rings. The van der Waals surface area contributed by atoms with Crippen molar-refractivity contribution in [2.45, 2.75) is 45.6 Å². The minimum Gasteiger partial charge on any atom is -0.374 e. The molecule has 1 N–H and O–H groups in total. The molecule has 106 valence electrons. The van der Waals surface area contributed by atoms with Crippen LogP contribution in [0.25, 0.3) is 5.57 Å². The molecule has 0 aromatic heterocycles. The Hall–Kier alpha value is -1.77. The second-order valence-electron chi connectivity index (χ2n) is 5.84. The number of amides is 1. The molecule has 2 aliphatic heterocycles. The lowest BCUT2D eigenvalue weighted by molar-refractivity contribution is -0.110. The Morgan fingerprint density at radius 3 is 3.05 bits per heavy atom. The van der Waals surface area contributed by atoms with E-state index in [1.54, 1.807) is 0 Å². The number of nitrogens with zero attached hydrogens (tertiary/aromatic N) is 1. The summed E-state index contributed by atoms with van der Waals surface area (Å²) in [4.78, 5) is 14.6. The molecule has 0 saturated carbocycles. The fourth-order valence-electron chi connectivity index (χ4n) is 3.23. The van der Waals surface area contributed by atoms with Gasteiger partial charge in [-0.2, -0.15) is 0 Å². The highest BCUT2D eigenvalue weighted by atomic mass is 16.2. The quantitative estimate of drug-likeness (QED) is 0.833. The summed E-state index contributed by atoms with van der Waals surface area (Å²) in [5, 5.41) is 2.98. The summed E-state index contributed by atoms with van der Waals surface area (Å²) >= 11 is 0. The summed E-state index contributed by atoms with van der Waals surface area (Å²) < 4.78 is 0. The highest BCUT2D eigenvalue weighted by Crippen LogP contribution is 2.33. The Morgan fingerprint density at radius 1 is 1.40 bits per heavy atom.